The Morgan fingerprint density at radius 3 is 3.00 bits per heavy atom. The van der Waals surface area contributed by atoms with E-state index >= 15 is 0 Å². The standard InChI is InChI=1S/C19H24N2O2S/c1-11(15-9-13-5-6-14(15)8-13)20-18(22)10-16-12(2)23-19(21-16)17-4-3-7-24-17/h3-4,7,11,13-15H,5-6,8-10H2,1-2H3,(H,20,22). The van der Waals surface area contributed by atoms with Crippen LogP contribution in [0.2, 0.25) is 0 Å². The van der Waals surface area contributed by atoms with E-state index in [1.54, 1.807) is 11.3 Å². The van der Waals surface area contributed by atoms with Crippen molar-refractivity contribution in [3.8, 4) is 10.8 Å². The first-order valence-corrected chi connectivity index (χ1v) is 9.77. The first kappa shape index (κ1) is 15.9. The minimum absolute atomic E-state index is 0.0550. The monoisotopic (exact) mass is 344 g/mol. The van der Waals surface area contributed by atoms with Crippen LogP contribution >= 0.6 is 11.3 Å². The van der Waals surface area contributed by atoms with Crippen LogP contribution in [0.25, 0.3) is 10.8 Å². The summed E-state index contributed by atoms with van der Waals surface area (Å²) in [6, 6.07) is 4.22. The van der Waals surface area contributed by atoms with Gasteiger partial charge in [-0.2, -0.15) is 0 Å². The van der Waals surface area contributed by atoms with Crippen LogP contribution in [0.1, 0.15) is 44.1 Å². The van der Waals surface area contributed by atoms with Gasteiger partial charge in [0.15, 0.2) is 0 Å². The molecule has 1 N–H and O–H groups in total. The smallest absolute Gasteiger partial charge is 0.236 e. The van der Waals surface area contributed by atoms with Crippen molar-refractivity contribution in [2.45, 2.75) is 52.0 Å². The van der Waals surface area contributed by atoms with Crippen LogP contribution in [0.3, 0.4) is 0 Å². The molecule has 5 heteroatoms. The van der Waals surface area contributed by atoms with Crippen molar-refractivity contribution in [2.75, 3.05) is 0 Å². The fraction of sp³-hybridized carbons (Fsp3) is 0.579. The molecule has 2 aromatic rings. The van der Waals surface area contributed by atoms with Crippen molar-refractivity contribution in [3.05, 3.63) is 29.0 Å². The number of thiophene rings is 1. The van der Waals surface area contributed by atoms with Crippen molar-refractivity contribution >= 4 is 17.2 Å². The summed E-state index contributed by atoms with van der Waals surface area (Å²) in [6.45, 7) is 4.04. The normalized spacial score (nSPS) is 26.7. The van der Waals surface area contributed by atoms with Gasteiger partial charge >= 0.3 is 0 Å². The molecular formula is C19H24N2O2S. The number of fused-ring (bicyclic) bond motifs is 2. The Kier molecular flexibility index (Phi) is 4.21. The summed E-state index contributed by atoms with van der Waals surface area (Å²) < 4.78 is 5.72. The van der Waals surface area contributed by atoms with E-state index in [9.17, 15) is 4.79 Å². The Bertz CT molecular complexity index is 722. The van der Waals surface area contributed by atoms with Crippen LogP contribution in [-0.2, 0) is 11.2 Å². The second-order valence-electron chi connectivity index (χ2n) is 7.37. The maximum absolute atomic E-state index is 12.4. The highest BCUT2D eigenvalue weighted by atomic mass is 32.1. The zero-order valence-electron chi connectivity index (χ0n) is 14.2. The number of nitrogens with one attached hydrogen (secondary N) is 1. The van der Waals surface area contributed by atoms with Crippen LogP contribution < -0.4 is 5.32 Å². The highest BCUT2D eigenvalue weighted by molar-refractivity contribution is 7.13. The van der Waals surface area contributed by atoms with E-state index in [0.717, 1.165) is 28.2 Å². The van der Waals surface area contributed by atoms with Crippen LogP contribution in [0.15, 0.2) is 21.9 Å². The fourth-order valence-corrected chi connectivity index (χ4v) is 5.22. The average molecular weight is 344 g/mol. The van der Waals surface area contributed by atoms with Gasteiger partial charge < -0.3 is 9.73 Å². The number of aryl methyl sites for hydroxylation is 1. The van der Waals surface area contributed by atoms with Gasteiger partial charge in [-0.15, -0.1) is 11.3 Å². The van der Waals surface area contributed by atoms with E-state index in [2.05, 4.69) is 17.2 Å². The third kappa shape index (κ3) is 3.02. The quantitative estimate of drug-likeness (QED) is 0.884. The zero-order chi connectivity index (χ0) is 16.7. The molecule has 0 aromatic carbocycles. The predicted octanol–water partition coefficient (Wildman–Crippen LogP) is 4.19. The summed E-state index contributed by atoms with van der Waals surface area (Å²) in [5.41, 5.74) is 0.746. The van der Waals surface area contributed by atoms with Gasteiger partial charge in [-0.3, -0.25) is 4.79 Å². The van der Waals surface area contributed by atoms with E-state index in [1.807, 2.05) is 24.4 Å². The number of hydrogen-bond acceptors (Lipinski definition) is 4. The van der Waals surface area contributed by atoms with Gasteiger partial charge in [0.05, 0.1) is 17.0 Å². The van der Waals surface area contributed by atoms with E-state index < -0.39 is 0 Å². The van der Waals surface area contributed by atoms with Crippen molar-refractivity contribution in [3.63, 3.8) is 0 Å². The molecule has 1 amide bonds. The highest BCUT2D eigenvalue weighted by Crippen LogP contribution is 2.49. The molecule has 2 fully saturated rings. The molecule has 4 nitrogen and oxygen atoms in total. The van der Waals surface area contributed by atoms with E-state index in [-0.39, 0.29) is 11.9 Å². The lowest BCUT2D eigenvalue weighted by Crippen LogP contribution is -2.40. The average Bonchev–Trinajstić information content (AvgIpc) is 3.32. The molecule has 2 aliphatic carbocycles. The lowest BCUT2D eigenvalue weighted by molar-refractivity contribution is -0.121. The highest BCUT2D eigenvalue weighted by Gasteiger charge is 2.42. The molecule has 0 spiro atoms. The van der Waals surface area contributed by atoms with Gasteiger partial charge in [-0.1, -0.05) is 12.5 Å². The number of amides is 1. The first-order chi connectivity index (χ1) is 11.6. The SMILES string of the molecule is Cc1oc(-c2cccs2)nc1CC(=O)NC(C)C1CC2CCC1C2. The zero-order valence-corrected chi connectivity index (χ0v) is 15.1. The number of carbonyl (C=O) groups excluding carboxylic acids is 1. The molecule has 0 aliphatic heterocycles. The topological polar surface area (TPSA) is 55.1 Å². The van der Waals surface area contributed by atoms with Crippen LogP contribution in [0.4, 0.5) is 0 Å². The van der Waals surface area contributed by atoms with Crippen LogP contribution in [-0.4, -0.2) is 16.9 Å². The minimum Gasteiger partial charge on any atom is -0.440 e. The third-order valence-corrected chi connectivity index (χ3v) is 6.63. The number of carbonyl (C=O) groups is 1. The molecule has 2 aromatic heterocycles. The Morgan fingerprint density at radius 1 is 1.46 bits per heavy atom. The second kappa shape index (κ2) is 6.36. The Labute approximate surface area is 146 Å². The molecule has 0 radical (unpaired) electrons. The maximum Gasteiger partial charge on any atom is 0.236 e. The van der Waals surface area contributed by atoms with Crippen molar-refractivity contribution in [2.24, 2.45) is 17.8 Å². The maximum atomic E-state index is 12.4. The Morgan fingerprint density at radius 2 is 2.33 bits per heavy atom. The number of nitrogens with zero attached hydrogens (tertiary/aromatic N) is 1. The molecule has 4 rings (SSSR count). The summed E-state index contributed by atoms with van der Waals surface area (Å²) in [7, 11) is 0. The molecule has 128 valence electrons. The molecule has 24 heavy (non-hydrogen) atoms. The van der Waals surface area contributed by atoms with Gasteiger partial charge in [-0.25, -0.2) is 4.98 Å². The van der Waals surface area contributed by atoms with Gasteiger partial charge in [-0.05, 0) is 62.3 Å². The van der Waals surface area contributed by atoms with E-state index in [1.165, 1.54) is 25.7 Å². The summed E-state index contributed by atoms with van der Waals surface area (Å²) in [4.78, 5) is 18.0. The van der Waals surface area contributed by atoms with E-state index in [4.69, 9.17) is 4.42 Å². The third-order valence-electron chi connectivity index (χ3n) is 5.78. The molecule has 0 saturated heterocycles. The van der Waals surface area contributed by atoms with Crippen LogP contribution in [0.5, 0.6) is 0 Å². The van der Waals surface area contributed by atoms with Gasteiger partial charge in [0.2, 0.25) is 11.8 Å². The second-order valence-corrected chi connectivity index (χ2v) is 8.32. The predicted molar refractivity (Wildman–Crippen MR) is 94.8 cm³/mol. The summed E-state index contributed by atoms with van der Waals surface area (Å²) >= 11 is 1.59. The summed E-state index contributed by atoms with van der Waals surface area (Å²) in [5, 5.41) is 5.21. The molecule has 2 heterocycles. The van der Waals surface area contributed by atoms with Crippen molar-refractivity contribution < 1.29 is 9.21 Å². The first-order valence-electron chi connectivity index (χ1n) is 8.89. The molecule has 2 saturated carbocycles. The summed E-state index contributed by atoms with van der Waals surface area (Å²) in [5.74, 6) is 3.80. The number of hydrogen-bond donors (Lipinski definition) is 1. The van der Waals surface area contributed by atoms with Gasteiger partial charge in [0.1, 0.15) is 5.76 Å². The summed E-state index contributed by atoms with van der Waals surface area (Å²) in [6.07, 6.45) is 5.70. The number of oxazole rings is 1. The molecule has 2 bridgehead atoms. The molecule has 4 unspecified atom stereocenters. The lowest BCUT2D eigenvalue weighted by Gasteiger charge is -2.28. The fourth-order valence-electron chi connectivity index (χ4n) is 4.57. The number of rotatable bonds is 5. The van der Waals surface area contributed by atoms with Gasteiger partial charge in [0, 0.05) is 6.04 Å². The minimum atomic E-state index is 0.0550. The number of aromatic nitrogens is 1. The van der Waals surface area contributed by atoms with E-state index in [0.29, 0.717) is 18.2 Å². The van der Waals surface area contributed by atoms with Crippen molar-refractivity contribution in [1.29, 1.82) is 0 Å². The molecule has 4 atom stereocenters. The van der Waals surface area contributed by atoms with Crippen LogP contribution in [0, 0.1) is 24.7 Å². The van der Waals surface area contributed by atoms with Gasteiger partial charge in [0.25, 0.3) is 0 Å². The largest absolute Gasteiger partial charge is 0.440 e. The lowest BCUT2D eigenvalue weighted by atomic mass is 9.84. The molecular weight excluding hydrogens is 320 g/mol. The van der Waals surface area contributed by atoms with Crippen molar-refractivity contribution in [1.82, 2.24) is 10.3 Å². The Balaban J connectivity index is 1.38. The Hall–Kier alpha value is -1.62. The molecule has 2 aliphatic rings.